The minimum Gasteiger partial charge on any atom is -0.474 e. The zero-order valence-corrected chi connectivity index (χ0v) is 15.7. The van der Waals surface area contributed by atoms with Crippen LogP contribution in [0.3, 0.4) is 0 Å². The van der Waals surface area contributed by atoms with Gasteiger partial charge in [-0.15, -0.1) is 0 Å². The summed E-state index contributed by atoms with van der Waals surface area (Å²) < 4.78 is 18.9. The maximum Gasteiger partial charge on any atom is 0.238 e. The second-order valence-corrected chi connectivity index (χ2v) is 7.43. The molecule has 1 saturated heterocycles. The predicted octanol–water partition coefficient (Wildman–Crippen LogP) is 2.77. The minimum atomic E-state index is -0.340. The topological polar surface area (TPSA) is 75.3 Å². The number of carbonyl (C=O) groups is 1. The summed E-state index contributed by atoms with van der Waals surface area (Å²) in [5, 5.41) is 2.93. The highest BCUT2D eigenvalue weighted by Gasteiger charge is 2.29. The molecule has 3 N–H and O–H groups in total. The Bertz CT molecular complexity index is 791. The molecule has 148 valence electrons. The Hall–Kier alpha value is -2.51. The van der Waals surface area contributed by atoms with Gasteiger partial charge in [-0.3, -0.25) is 4.79 Å². The van der Waals surface area contributed by atoms with E-state index in [1.807, 2.05) is 12.1 Å². The summed E-state index contributed by atoms with van der Waals surface area (Å²) >= 11 is 0. The third kappa shape index (κ3) is 4.66. The molecule has 2 unspecified atom stereocenters. The molecule has 6 nitrogen and oxygen atoms in total. The average Bonchev–Trinajstić information content (AvgIpc) is 3.40. The van der Waals surface area contributed by atoms with Gasteiger partial charge in [0.05, 0.1) is 0 Å². The van der Waals surface area contributed by atoms with Crippen LogP contribution >= 0.6 is 0 Å². The number of hydrazine groups is 1. The van der Waals surface area contributed by atoms with E-state index in [-0.39, 0.29) is 29.9 Å². The first-order valence-electron chi connectivity index (χ1n) is 9.83. The second kappa shape index (κ2) is 8.67. The van der Waals surface area contributed by atoms with Gasteiger partial charge >= 0.3 is 0 Å². The quantitative estimate of drug-likeness (QED) is 0.714. The lowest BCUT2D eigenvalue weighted by Gasteiger charge is -2.13. The summed E-state index contributed by atoms with van der Waals surface area (Å²) in [5.41, 5.74) is 7.99. The summed E-state index contributed by atoms with van der Waals surface area (Å²) in [6, 6.07) is 9.75. The van der Waals surface area contributed by atoms with Gasteiger partial charge in [0.25, 0.3) is 0 Å². The molecule has 1 aromatic heterocycles. The third-order valence-electron chi connectivity index (χ3n) is 5.35. The fourth-order valence-corrected chi connectivity index (χ4v) is 3.72. The first kappa shape index (κ1) is 18.8. The number of benzene rings is 1. The van der Waals surface area contributed by atoms with Crippen LogP contribution < -0.4 is 20.9 Å². The van der Waals surface area contributed by atoms with Crippen LogP contribution in [0.15, 0.2) is 42.6 Å². The van der Waals surface area contributed by atoms with Crippen molar-refractivity contribution in [2.24, 2.45) is 0 Å². The molecular weight excluding hydrogens is 359 g/mol. The van der Waals surface area contributed by atoms with Crippen LogP contribution in [0.5, 0.6) is 5.88 Å². The molecule has 1 aliphatic heterocycles. The lowest BCUT2D eigenvalue weighted by Crippen LogP contribution is -2.42. The monoisotopic (exact) mass is 384 g/mol. The number of pyridine rings is 1. The molecule has 2 heterocycles. The van der Waals surface area contributed by atoms with Gasteiger partial charge in [0.1, 0.15) is 18.0 Å². The van der Waals surface area contributed by atoms with Crippen molar-refractivity contribution in [1.82, 2.24) is 21.2 Å². The molecule has 1 saturated carbocycles. The van der Waals surface area contributed by atoms with Gasteiger partial charge in [-0.25, -0.2) is 20.2 Å². The fraction of sp³-hybridized carbons (Fsp3) is 0.429. The van der Waals surface area contributed by atoms with E-state index in [1.165, 1.54) is 25.0 Å². The second-order valence-electron chi connectivity index (χ2n) is 7.43. The van der Waals surface area contributed by atoms with Crippen LogP contribution in [0.25, 0.3) is 0 Å². The van der Waals surface area contributed by atoms with Gasteiger partial charge in [-0.1, -0.05) is 18.2 Å². The van der Waals surface area contributed by atoms with Crippen molar-refractivity contribution in [3.8, 4) is 5.88 Å². The molecule has 0 spiro atoms. The summed E-state index contributed by atoms with van der Waals surface area (Å²) in [5.74, 6) is 0.298. The summed E-state index contributed by atoms with van der Waals surface area (Å²) in [7, 11) is 0. The standard InChI is InChI=1S/C21H25FN4O2/c22-16-8-6-15(7-9-16)18-11-19(26-25-18)21(27)24-13-14-5-10-20(23-12-14)28-17-3-1-2-4-17/h5-10,12,17-19,25-26H,1-4,11,13H2,(H,24,27). The molecule has 1 aromatic carbocycles. The van der Waals surface area contributed by atoms with Crippen molar-refractivity contribution in [2.75, 3.05) is 0 Å². The smallest absolute Gasteiger partial charge is 0.238 e. The molecule has 28 heavy (non-hydrogen) atoms. The van der Waals surface area contributed by atoms with Gasteiger partial charge in [0.15, 0.2) is 0 Å². The summed E-state index contributed by atoms with van der Waals surface area (Å²) in [6.07, 6.45) is 7.27. The summed E-state index contributed by atoms with van der Waals surface area (Å²) in [4.78, 5) is 16.8. The fourth-order valence-electron chi connectivity index (χ4n) is 3.72. The number of nitrogens with one attached hydrogen (secondary N) is 3. The van der Waals surface area contributed by atoms with Crippen LogP contribution in [-0.4, -0.2) is 23.0 Å². The highest BCUT2D eigenvalue weighted by molar-refractivity contribution is 5.82. The molecule has 0 bridgehead atoms. The van der Waals surface area contributed by atoms with Crippen LogP contribution in [0.4, 0.5) is 4.39 Å². The number of amides is 1. The van der Waals surface area contributed by atoms with E-state index in [2.05, 4.69) is 21.2 Å². The van der Waals surface area contributed by atoms with Crippen LogP contribution in [-0.2, 0) is 11.3 Å². The van der Waals surface area contributed by atoms with Crippen LogP contribution in [0, 0.1) is 5.82 Å². The highest BCUT2D eigenvalue weighted by atomic mass is 19.1. The van der Waals surface area contributed by atoms with E-state index in [0.29, 0.717) is 18.8 Å². The van der Waals surface area contributed by atoms with Crippen LogP contribution in [0.1, 0.15) is 49.3 Å². The van der Waals surface area contributed by atoms with Gasteiger partial charge < -0.3 is 10.1 Å². The number of halogens is 1. The molecule has 7 heteroatoms. The number of nitrogens with zero attached hydrogens (tertiary/aromatic N) is 1. The van der Waals surface area contributed by atoms with Crippen molar-refractivity contribution in [2.45, 2.75) is 56.8 Å². The molecule has 2 aromatic rings. The van der Waals surface area contributed by atoms with E-state index >= 15 is 0 Å². The SMILES string of the molecule is O=C(NCc1ccc(OC2CCCC2)nc1)C1CC(c2ccc(F)cc2)NN1. The maximum atomic E-state index is 13.1. The molecule has 2 fully saturated rings. The molecule has 0 radical (unpaired) electrons. The third-order valence-corrected chi connectivity index (χ3v) is 5.35. The molecule has 2 atom stereocenters. The Labute approximate surface area is 163 Å². The van der Waals surface area contributed by atoms with E-state index < -0.39 is 0 Å². The van der Waals surface area contributed by atoms with Gasteiger partial charge in [0, 0.05) is 24.8 Å². The number of ether oxygens (including phenoxy) is 1. The largest absolute Gasteiger partial charge is 0.474 e. The average molecular weight is 384 g/mol. The predicted molar refractivity (Wildman–Crippen MR) is 103 cm³/mol. The lowest BCUT2D eigenvalue weighted by molar-refractivity contribution is -0.123. The van der Waals surface area contributed by atoms with E-state index in [9.17, 15) is 9.18 Å². The first-order chi connectivity index (χ1) is 13.7. The van der Waals surface area contributed by atoms with Gasteiger partial charge in [-0.2, -0.15) is 0 Å². The Balaban J connectivity index is 1.24. The number of aromatic nitrogens is 1. The molecular formula is C21H25FN4O2. The first-order valence-corrected chi connectivity index (χ1v) is 9.83. The zero-order valence-electron chi connectivity index (χ0n) is 15.7. The van der Waals surface area contributed by atoms with Crippen molar-refractivity contribution < 1.29 is 13.9 Å². The van der Waals surface area contributed by atoms with Crippen LogP contribution in [0.2, 0.25) is 0 Å². The summed E-state index contributed by atoms with van der Waals surface area (Å²) in [6.45, 7) is 0.412. The van der Waals surface area contributed by atoms with Crippen molar-refractivity contribution in [1.29, 1.82) is 0 Å². The Morgan fingerprint density at radius 2 is 1.93 bits per heavy atom. The molecule has 1 amide bonds. The number of hydrogen-bond acceptors (Lipinski definition) is 5. The lowest BCUT2D eigenvalue weighted by atomic mass is 10.0. The number of hydrogen-bond donors (Lipinski definition) is 3. The Morgan fingerprint density at radius 3 is 2.64 bits per heavy atom. The van der Waals surface area contributed by atoms with Gasteiger partial charge in [-0.05, 0) is 55.4 Å². The minimum absolute atomic E-state index is 0.0231. The van der Waals surface area contributed by atoms with E-state index in [4.69, 9.17) is 4.74 Å². The van der Waals surface area contributed by atoms with Crippen molar-refractivity contribution >= 4 is 5.91 Å². The Morgan fingerprint density at radius 1 is 1.14 bits per heavy atom. The normalized spacial score (nSPS) is 22.3. The molecule has 4 rings (SSSR count). The van der Waals surface area contributed by atoms with Crippen molar-refractivity contribution in [3.05, 3.63) is 59.5 Å². The Kier molecular flexibility index (Phi) is 5.83. The number of carbonyl (C=O) groups excluding carboxylic acids is 1. The van der Waals surface area contributed by atoms with Crippen molar-refractivity contribution in [3.63, 3.8) is 0 Å². The number of rotatable bonds is 6. The van der Waals surface area contributed by atoms with E-state index in [1.54, 1.807) is 18.3 Å². The highest BCUT2D eigenvalue weighted by Crippen LogP contribution is 2.24. The zero-order chi connectivity index (χ0) is 19.3. The maximum absolute atomic E-state index is 13.1. The molecule has 1 aliphatic carbocycles. The van der Waals surface area contributed by atoms with E-state index in [0.717, 1.165) is 24.0 Å². The van der Waals surface area contributed by atoms with Gasteiger partial charge in [0.2, 0.25) is 11.8 Å². The molecule has 2 aliphatic rings.